The van der Waals surface area contributed by atoms with Crippen LogP contribution in [0.2, 0.25) is 5.02 Å². The molecule has 0 aliphatic rings. The van der Waals surface area contributed by atoms with Crippen molar-refractivity contribution < 1.29 is 0 Å². The van der Waals surface area contributed by atoms with E-state index in [0.29, 0.717) is 0 Å². The van der Waals surface area contributed by atoms with Crippen molar-refractivity contribution in [2.24, 2.45) is 5.41 Å². The number of hydrogen-bond acceptors (Lipinski definition) is 0. The maximum absolute atomic E-state index is 5.91. The Morgan fingerprint density at radius 2 is 1.28 bits per heavy atom. The van der Waals surface area contributed by atoms with E-state index in [1.54, 1.807) is 0 Å². The molecular formula is C17H19Cl. The maximum Gasteiger partial charge on any atom is 0.0406 e. The predicted octanol–water partition coefficient (Wildman–Crippen LogP) is 5.15. The van der Waals surface area contributed by atoms with E-state index < -0.39 is 0 Å². The highest BCUT2D eigenvalue weighted by atomic mass is 35.5. The van der Waals surface area contributed by atoms with Gasteiger partial charge in [0, 0.05) is 5.02 Å². The molecule has 0 radical (unpaired) electrons. The summed E-state index contributed by atoms with van der Waals surface area (Å²) in [4.78, 5) is 0. The van der Waals surface area contributed by atoms with Crippen molar-refractivity contribution in [2.75, 3.05) is 0 Å². The highest BCUT2D eigenvalue weighted by Gasteiger charge is 2.19. The second kappa shape index (κ2) is 5.58. The minimum Gasteiger partial charge on any atom is -0.0843 e. The third kappa shape index (κ3) is 3.89. The molecule has 1 heteroatoms. The van der Waals surface area contributed by atoms with Gasteiger partial charge in [-0.2, -0.15) is 0 Å². The molecule has 0 aliphatic carbocycles. The molecule has 0 aliphatic heterocycles. The first-order valence-electron chi connectivity index (χ1n) is 6.34. The van der Waals surface area contributed by atoms with Crippen molar-refractivity contribution in [2.45, 2.75) is 26.7 Å². The lowest BCUT2D eigenvalue weighted by atomic mass is 9.80. The predicted molar refractivity (Wildman–Crippen MR) is 79.1 cm³/mol. The zero-order valence-corrected chi connectivity index (χ0v) is 11.7. The Labute approximate surface area is 115 Å². The minimum absolute atomic E-state index is 0.259. The van der Waals surface area contributed by atoms with Crippen LogP contribution >= 0.6 is 11.6 Å². The third-order valence-electron chi connectivity index (χ3n) is 3.12. The smallest absolute Gasteiger partial charge is 0.0406 e. The van der Waals surface area contributed by atoms with Gasteiger partial charge in [0.05, 0.1) is 0 Å². The van der Waals surface area contributed by atoms with E-state index in [0.717, 1.165) is 17.9 Å². The first-order chi connectivity index (χ1) is 8.55. The van der Waals surface area contributed by atoms with Gasteiger partial charge in [-0.05, 0) is 41.5 Å². The first kappa shape index (κ1) is 13.2. The summed E-state index contributed by atoms with van der Waals surface area (Å²) >= 11 is 5.91. The summed E-state index contributed by atoms with van der Waals surface area (Å²) < 4.78 is 0. The number of rotatable bonds is 4. The van der Waals surface area contributed by atoms with E-state index in [1.807, 2.05) is 12.1 Å². The van der Waals surface area contributed by atoms with Crippen LogP contribution in [0.15, 0.2) is 54.6 Å². The van der Waals surface area contributed by atoms with Crippen molar-refractivity contribution in [3.63, 3.8) is 0 Å². The van der Waals surface area contributed by atoms with E-state index in [9.17, 15) is 0 Å². The summed E-state index contributed by atoms with van der Waals surface area (Å²) in [6, 6.07) is 18.8. The van der Waals surface area contributed by atoms with Crippen LogP contribution < -0.4 is 0 Å². The van der Waals surface area contributed by atoms with E-state index >= 15 is 0 Å². The molecule has 2 aromatic carbocycles. The second-order valence-electron chi connectivity index (χ2n) is 5.63. The average molecular weight is 259 g/mol. The quantitative estimate of drug-likeness (QED) is 0.711. The van der Waals surface area contributed by atoms with Crippen LogP contribution in [-0.2, 0) is 12.8 Å². The minimum atomic E-state index is 0.259. The largest absolute Gasteiger partial charge is 0.0843 e. The van der Waals surface area contributed by atoms with Crippen LogP contribution in [0.25, 0.3) is 0 Å². The monoisotopic (exact) mass is 258 g/mol. The lowest BCUT2D eigenvalue weighted by Crippen LogP contribution is -2.18. The molecule has 0 saturated carbocycles. The zero-order chi connectivity index (χ0) is 13.0. The summed E-state index contributed by atoms with van der Waals surface area (Å²) in [5, 5.41) is 0.805. The van der Waals surface area contributed by atoms with Crippen molar-refractivity contribution in [3.8, 4) is 0 Å². The molecule has 18 heavy (non-hydrogen) atoms. The average Bonchev–Trinajstić information content (AvgIpc) is 2.32. The van der Waals surface area contributed by atoms with Crippen molar-refractivity contribution >= 4 is 11.6 Å². The summed E-state index contributed by atoms with van der Waals surface area (Å²) in [5.41, 5.74) is 3.01. The molecule has 2 aromatic rings. The fourth-order valence-corrected chi connectivity index (χ4v) is 2.49. The molecule has 0 saturated heterocycles. The SMILES string of the molecule is CC(C)(Cc1ccccc1)Cc1ccc(Cl)cc1. The number of hydrogen-bond donors (Lipinski definition) is 0. The van der Waals surface area contributed by atoms with Crippen LogP contribution in [-0.4, -0.2) is 0 Å². The van der Waals surface area contributed by atoms with Crippen LogP contribution in [0.3, 0.4) is 0 Å². The van der Waals surface area contributed by atoms with Crippen LogP contribution in [0, 0.1) is 5.41 Å². The molecule has 0 nitrogen and oxygen atoms in total. The first-order valence-corrected chi connectivity index (χ1v) is 6.71. The van der Waals surface area contributed by atoms with Crippen molar-refractivity contribution in [1.82, 2.24) is 0 Å². The van der Waals surface area contributed by atoms with Gasteiger partial charge in [0.25, 0.3) is 0 Å². The standard InChI is InChI=1S/C17H19Cl/c1-17(2,12-14-6-4-3-5-7-14)13-15-8-10-16(18)11-9-15/h3-11H,12-13H2,1-2H3. The van der Waals surface area contributed by atoms with Gasteiger partial charge < -0.3 is 0 Å². The Morgan fingerprint density at radius 1 is 0.778 bits per heavy atom. The fourth-order valence-electron chi connectivity index (χ4n) is 2.37. The van der Waals surface area contributed by atoms with E-state index in [1.165, 1.54) is 11.1 Å². The molecule has 0 bridgehead atoms. The van der Waals surface area contributed by atoms with Gasteiger partial charge in [-0.3, -0.25) is 0 Å². The second-order valence-corrected chi connectivity index (χ2v) is 6.07. The summed E-state index contributed by atoms with van der Waals surface area (Å²) in [6.45, 7) is 4.63. The summed E-state index contributed by atoms with van der Waals surface area (Å²) in [6.07, 6.45) is 2.16. The van der Waals surface area contributed by atoms with Crippen LogP contribution in [0.5, 0.6) is 0 Å². The molecule has 0 unspecified atom stereocenters. The van der Waals surface area contributed by atoms with Gasteiger partial charge in [-0.15, -0.1) is 0 Å². The molecule has 2 rings (SSSR count). The molecule has 0 aromatic heterocycles. The van der Waals surface area contributed by atoms with Crippen LogP contribution in [0.1, 0.15) is 25.0 Å². The molecular weight excluding hydrogens is 240 g/mol. The van der Waals surface area contributed by atoms with Crippen molar-refractivity contribution in [3.05, 3.63) is 70.7 Å². The molecule has 0 fully saturated rings. The zero-order valence-electron chi connectivity index (χ0n) is 11.0. The normalized spacial score (nSPS) is 11.5. The van der Waals surface area contributed by atoms with Gasteiger partial charge in [0.1, 0.15) is 0 Å². The number of benzene rings is 2. The highest BCUT2D eigenvalue weighted by Crippen LogP contribution is 2.27. The lowest BCUT2D eigenvalue weighted by molar-refractivity contribution is 0.361. The molecule has 0 heterocycles. The van der Waals surface area contributed by atoms with E-state index in [2.05, 4.69) is 56.3 Å². The summed E-state index contributed by atoms with van der Waals surface area (Å²) in [5.74, 6) is 0. The van der Waals surface area contributed by atoms with Gasteiger partial charge >= 0.3 is 0 Å². The van der Waals surface area contributed by atoms with Gasteiger partial charge in [0.15, 0.2) is 0 Å². The Bertz CT molecular complexity index is 483. The molecule has 0 atom stereocenters. The maximum atomic E-state index is 5.91. The van der Waals surface area contributed by atoms with E-state index in [-0.39, 0.29) is 5.41 Å². The molecule has 0 spiro atoms. The highest BCUT2D eigenvalue weighted by molar-refractivity contribution is 6.30. The Kier molecular flexibility index (Phi) is 4.08. The topological polar surface area (TPSA) is 0 Å². The summed E-state index contributed by atoms with van der Waals surface area (Å²) in [7, 11) is 0. The molecule has 94 valence electrons. The molecule has 0 amide bonds. The fraction of sp³-hybridized carbons (Fsp3) is 0.294. The van der Waals surface area contributed by atoms with Crippen LogP contribution in [0.4, 0.5) is 0 Å². The van der Waals surface area contributed by atoms with Gasteiger partial charge in [-0.1, -0.05) is 67.9 Å². The van der Waals surface area contributed by atoms with Crippen molar-refractivity contribution in [1.29, 1.82) is 0 Å². The third-order valence-corrected chi connectivity index (χ3v) is 3.37. The Morgan fingerprint density at radius 3 is 1.83 bits per heavy atom. The Balaban J connectivity index is 2.05. The number of halogens is 1. The van der Waals surface area contributed by atoms with Gasteiger partial charge in [-0.25, -0.2) is 0 Å². The lowest BCUT2D eigenvalue weighted by Gasteiger charge is -2.25. The molecule has 0 N–H and O–H groups in total. The van der Waals surface area contributed by atoms with E-state index in [4.69, 9.17) is 11.6 Å². The Hall–Kier alpha value is -1.27. The van der Waals surface area contributed by atoms with Gasteiger partial charge in [0.2, 0.25) is 0 Å².